The van der Waals surface area contributed by atoms with Crippen LogP contribution in [0, 0.1) is 13.8 Å². The molecule has 3 aromatic rings. The molecule has 2 heterocycles. The van der Waals surface area contributed by atoms with Gasteiger partial charge in [0.15, 0.2) is 0 Å². The number of hydrogen-bond donors (Lipinski definition) is 1. The number of halogens is 1. The molecule has 4 rings (SSSR count). The number of esters is 1. The zero-order valence-corrected chi connectivity index (χ0v) is 26.9. The van der Waals surface area contributed by atoms with Crippen molar-refractivity contribution in [2.45, 2.75) is 59.0 Å². The molecular weight excluding hydrogens is 594 g/mol. The van der Waals surface area contributed by atoms with Gasteiger partial charge in [-0.2, -0.15) is 12.7 Å². The summed E-state index contributed by atoms with van der Waals surface area (Å²) in [4.78, 5) is 15.0. The van der Waals surface area contributed by atoms with Crippen molar-refractivity contribution < 1.29 is 27.2 Å². The second kappa shape index (κ2) is 14.1. The predicted molar refractivity (Wildman–Crippen MR) is 165 cm³/mol. The molecule has 0 fully saturated rings. The first-order chi connectivity index (χ1) is 20.5. The molecule has 11 nitrogen and oxygen atoms in total. The van der Waals surface area contributed by atoms with Crippen LogP contribution in [0.15, 0.2) is 42.4 Å². The van der Waals surface area contributed by atoms with Crippen molar-refractivity contribution in [3.05, 3.63) is 70.2 Å². The van der Waals surface area contributed by atoms with E-state index in [1.54, 1.807) is 13.8 Å². The van der Waals surface area contributed by atoms with Crippen LogP contribution in [0.4, 0.5) is 0 Å². The first-order valence-electron chi connectivity index (χ1n) is 14.4. The largest absolute Gasteiger partial charge is 0.480 e. The van der Waals surface area contributed by atoms with Gasteiger partial charge in [-0.1, -0.05) is 29.5 Å². The molecule has 1 N–H and O–H groups in total. The second-order valence-electron chi connectivity index (χ2n) is 10.8. The molecule has 1 aliphatic heterocycles. The molecule has 234 valence electrons. The van der Waals surface area contributed by atoms with Crippen molar-refractivity contribution in [1.29, 1.82) is 0 Å². The fraction of sp³-hybridized carbons (Fsp3) is 0.500. The van der Waals surface area contributed by atoms with Crippen LogP contribution in [-0.4, -0.2) is 82.9 Å². The Hall–Kier alpha value is -3.19. The molecule has 1 aromatic heterocycles. The molecule has 13 heteroatoms. The lowest BCUT2D eigenvalue weighted by Crippen LogP contribution is -2.38. The quantitative estimate of drug-likeness (QED) is 0.210. The summed E-state index contributed by atoms with van der Waals surface area (Å²) in [6.45, 7) is 10.1. The highest BCUT2D eigenvalue weighted by Gasteiger charge is 2.34. The SMILES string of the molecule is CCOC(=O)CC(c1ccc(C)c([C@@H](C)N2CC=C(O)OS2(=O)=O)c1)c1ccc2c(nnn2CCCN(C)CCCl)c1C. The summed E-state index contributed by atoms with van der Waals surface area (Å²) in [5.74, 6) is -0.751. The molecule has 0 saturated heterocycles. The highest BCUT2D eigenvalue weighted by Crippen LogP contribution is 2.37. The van der Waals surface area contributed by atoms with Gasteiger partial charge in [0.1, 0.15) is 5.52 Å². The molecule has 43 heavy (non-hydrogen) atoms. The summed E-state index contributed by atoms with van der Waals surface area (Å²) < 4.78 is 38.6. The third kappa shape index (κ3) is 7.49. The third-order valence-corrected chi connectivity index (χ3v) is 9.51. The zero-order chi connectivity index (χ0) is 31.3. The minimum absolute atomic E-state index is 0.0281. The molecular formula is C30H40ClN5O6S. The Kier molecular flexibility index (Phi) is 10.7. The Labute approximate surface area is 258 Å². The van der Waals surface area contributed by atoms with Crippen molar-refractivity contribution in [2.75, 3.05) is 39.2 Å². The van der Waals surface area contributed by atoms with Gasteiger partial charge >= 0.3 is 16.3 Å². The molecule has 0 radical (unpaired) electrons. The van der Waals surface area contributed by atoms with E-state index < -0.39 is 22.3 Å². The number of alkyl halides is 1. The molecule has 0 saturated carbocycles. The zero-order valence-electron chi connectivity index (χ0n) is 25.3. The molecule has 2 aromatic carbocycles. The maximum Gasteiger partial charge on any atom is 0.388 e. The van der Waals surface area contributed by atoms with Crippen molar-refractivity contribution in [1.82, 2.24) is 24.2 Å². The Morgan fingerprint density at radius 1 is 1.21 bits per heavy atom. The van der Waals surface area contributed by atoms with E-state index in [4.69, 9.17) is 20.5 Å². The molecule has 2 atom stereocenters. The van der Waals surface area contributed by atoms with E-state index in [2.05, 4.69) is 15.2 Å². The monoisotopic (exact) mass is 633 g/mol. The van der Waals surface area contributed by atoms with E-state index in [0.717, 1.165) is 58.4 Å². The van der Waals surface area contributed by atoms with E-state index in [9.17, 15) is 18.3 Å². The number of fused-ring (bicyclic) bond motifs is 1. The highest BCUT2D eigenvalue weighted by molar-refractivity contribution is 7.84. The maximum atomic E-state index is 12.8. The van der Waals surface area contributed by atoms with E-state index in [1.807, 2.05) is 55.9 Å². The predicted octanol–water partition coefficient (Wildman–Crippen LogP) is 4.73. The first-order valence-corrected chi connectivity index (χ1v) is 16.3. The Bertz CT molecular complexity index is 1590. The Morgan fingerprint density at radius 3 is 2.67 bits per heavy atom. The van der Waals surface area contributed by atoms with E-state index in [0.29, 0.717) is 12.4 Å². The second-order valence-corrected chi connectivity index (χ2v) is 12.7. The van der Waals surface area contributed by atoms with Crippen LogP contribution in [0.25, 0.3) is 11.0 Å². The summed E-state index contributed by atoms with van der Waals surface area (Å²) in [7, 11) is -2.14. The summed E-state index contributed by atoms with van der Waals surface area (Å²) in [6, 6.07) is 9.24. The number of carbonyl (C=O) groups is 1. The van der Waals surface area contributed by atoms with Crippen LogP contribution < -0.4 is 0 Å². The van der Waals surface area contributed by atoms with Gasteiger partial charge in [0.2, 0.25) is 0 Å². The van der Waals surface area contributed by atoms with Gasteiger partial charge in [0.05, 0.1) is 24.6 Å². The maximum absolute atomic E-state index is 12.8. The first kappa shape index (κ1) is 32.7. The van der Waals surface area contributed by atoms with Gasteiger partial charge in [-0.15, -0.1) is 16.7 Å². The Morgan fingerprint density at radius 2 is 1.98 bits per heavy atom. The molecule has 1 unspecified atom stereocenters. The van der Waals surface area contributed by atoms with Crippen LogP contribution in [-0.2, 0) is 30.6 Å². The van der Waals surface area contributed by atoms with Gasteiger partial charge in [-0.25, -0.2) is 4.68 Å². The third-order valence-electron chi connectivity index (χ3n) is 7.92. The van der Waals surface area contributed by atoms with Crippen LogP contribution in [0.1, 0.15) is 66.5 Å². The molecule has 0 amide bonds. The minimum Gasteiger partial charge on any atom is -0.480 e. The van der Waals surface area contributed by atoms with Gasteiger partial charge in [0, 0.05) is 37.5 Å². The summed E-state index contributed by atoms with van der Waals surface area (Å²) in [5, 5.41) is 18.5. The summed E-state index contributed by atoms with van der Waals surface area (Å²) >= 11 is 5.85. The van der Waals surface area contributed by atoms with E-state index >= 15 is 0 Å². The summed E-state index contributed by atoms with van der Waals surface area (Å²) in [6.07, 6.45) is 2.31. The fourth-order valence-electron chi connectivity index (χ4n) is 5.55. The Balaban J connectivity index is 1.70. The van der Waals surface area contributed by atoms with Crippen molar-refractivity contribution in [2.24, 2.45) is 0 Å². The average Bonchev–Trinajstić information content (AvgIpc) is 3.36. The fourth-order valence-corrected chi connectivity index (χ4v) is 6.97. The number of hydrogen-bond acceptors (Lipinski definition) is 9. The number of benzene rings is 2. The highest BCUT2D eigenvalue weighted by atomic mass is 35.5. The summed E-state index contributed by atoms with van der Waals surface area (Å²) in [5.41, 5.74) is 6.00. The van der Waals surface area contributed by atoms with Crippen molar-refractivity contribution >= 4 is 38.9 Å². The number of nitrogens with zero attached hydrogens (tertiary/aromatic N) is 5. The van der Waals surface area contributed by atoms with Gasteiger partial charge in [-0.3, -0.25) is 4.79 Å². The number of aryl methyl sites for hydroxylation is 3. The topological polar surface area (TPSA) is 127 Å². The molecule has 1 aliphatic rings. The van der Waals surface area contributed by atoms with Crippen LogP contribution in [0.3, 0.4) is 0 Å². The number of ether oxygens (including phenoxy) is 1. The normalized spacial score (nSPS) is 16.6. The smallest absolute Gasteiger partial charge is 0.388 e. The van der Waals surface area contributed by atoms with Crippen molar-refractivity contribution in [3.63, 3.8) is 0 Å². The lowest BCUT2D eigenvalue weighted by atomic mass is 9.83. The van der Waals surface area contributed by atoms with Crippen LogP contribution in [0.5, 0.6) is 0 Å². The van der Waals surface area contributed by atoms with Crippen LogP contribution in [0.2, 0.25) is 0 Å². The van der Waals surface area contributed by atoms with Gasteiger partial charge < -0.3 is 18.9 Å². The van der Waals surface area contributed by atoms with Gasteiger partial charge in [-0.05, 0) is 81.6 Å². The molecule has 0 bridgehead atoms. The number of carbonyl (C=O) groups excluding carboxylic acids is 1. The number of aromatic nitrogens is 3. The van der Waals surface area contributed by atoms with Crippen molar-refractivity contribution in [3.8, 4) is 0 Å². The lowest BCUT2D eigenvalue weighted by Gasteiger charge is -2.30. The van der Waals surface area contributed by atoms with Crippen LogP contribution >= 0.6 is 11.6 Å². The number of rotatable bonds is 13. The van der Waals surface area contributed by atoms with Gasteiger partial charge in [0.25, 0.3) is 5.95 Å². The molecule has 0 aliphatic carbocycles. The molecule has 0 spiro atoms. The number of aliphatic hydroxyl groups excluding tert-OH is 1. The lowest BCUT2D eigenvalue weighted by molar-refractivity contribution is -0.143. The number of aliphatic hydroxyl groups is 1. The standard InChI is InChI=1S/C30H40ClN5O6S/c1-6-41-29(38)19-26(23-9-8-20(2)25(18-23)22(4)36-16-12-28(37)42-43(36,39)40)24-10-11-27-30(21(24)3)32-33-35(27)15-7-14-34(5)17-13-31/h8-12,18,22,26,37H,6-7,13-17,19H2,1-5H3/t22-,26?/m1/s1. The van der Waals surface area contributed by atoms with E-state index in [1.165, 1.54) is 10.4 Å². The van der Waals surface area contributed by atoms with E-state index in [-0.39, 0.29) is 31.5 Å². The average molecular weight is 634 g/mol. The minimum atomic E-state index is -4.18.